The first-order valence-electron chi connectivity index (χ1n) is 4.73. The number of hydrogen-bond acceptors (Lipinski definition) is 6. The normalized spacial score (nSPS) is 11.4. The van der Waals surface area contributed by atoms with E-state index in [1.807, 2.05) is 0 Å². The van der Waals surface area contributed by atoms with Crippen LogP contribution < -0.4 is 16.5 Å². The molecule has 7 nitrogen and oxygen atoms in total. The fourth-order valence-electron chi connectivity index (χ4n) is 1.03. The minimum Gasteiger partial charge on any atom is -0.747 e. The highest BCUT2D eigenvalue weighted by Gasteiger charge is 1.96. The van der Waals surface area contributed by atoms with Gasteiger partial charge in [0.25, 0.3) is 0 Å². The highest BCUT2D eigenvalue weighted by molar-refractivity contribution is 7.85. The molecule has 1 aromatic carbocycles. The van der Waals surface area contributed by atoms with Crippen LogP contribution in [0, 0.1) is 0 Å². The molecule has 0 amide bonds. The van der Waals surface area contributed by atoms with Crippen molar-refractivity contribution in [2.24, 2.45) is 10.8 Å². The third-order valence-electron chi connectivity index (χ3n) is 1.75. The van der Waals surface area contributed by atoms with E-state index in [0.29, 0.717) is 5.69 Å². The van der Waals surface area contributed by atoms with Crippen molar-refractivity contribution in [1.82, 2.24) is 5.43 Å². The lowest BCUT2D eigenvalue weighted by Crippen LogP contribution is -2.23. The molecule has 4 N–H and O–H groups in total. The number of anilines is 1. The van der Waals surface area contributed by atoms with Gasteiger partial charge in [0, 0.05) is 5.69 Å². The fourth-order valence-corrected chi connectivity index (χ4v) is 1.43. The van der Waals surface area contributed by atoms with Crippen LogP contribution in [0.5, 0.6) is 0 Å². The lowest BCUT2D eigenvalue weighted by Gasteiger charge is -2.09. The molecule has 18 heavy (non-hydrogen) atoms. The molecule has 9 heteroatoms. The first kappa shape index (κ1) is 14.4. The van der Waals surface area contributed by atoms with Gasteiger partial charge in [0.1, 0.15) is 16.0 Å². The molecule has 0 aliphatic heterocycles. The van der Waals surface area contributed by atoms with E-state index in [2.05, 4.69) is 28.1 Å². The highest BCUT2D eigenvalue weighted by atomic mass is 32.2. The summed E-state index contributed by atoms with van der Waals surface area (Å²) in [6, 6.07) is 6.61. The summed E-state index contributed by atoms with van der Waals surface area (Å²) in [5.74, 6) is -0.649. The van der Waals surface area contributed by atoms with Crippen LogP contribution in [-0.2, 0) is 10.1 Å². The van der Waals surface area contributed by atoms with E-state index in [-0.39, 0.29) is 5.11 Å². The van der Waals surface area contributed by atoms with Crippen molar-refractivity contribution in [3.8, 4) is 0 Å². The molecule has 0 fully saturated rings. The zero-order valence-electron chi connectivity index (χ0n) is 9.16. The molecule has 0 unspecified atom stereocenters. The Bertz CT molecular complexity index is 539. The number of nitrogens with zero attached hydrogens (tertiary/aromatic N) is 1. The van der Waals surface area contributed by atoms with E-state index in [4.69, 9.17) is 5.73 Å². The summed E-state index contributed by atoms with van der Waals surface area (Å²) in [7, 11) is -4.28. The molecule has 0 atom stereocenters. The Morgan fingerprint density at radius 3 is 2.56 bits per heavy atom. The minimum absolute atomic E-state index is 0.0604. The van der Waals surface area contributed by atoms with Gasteiger partial charge in [-0.05, 0) is 29.9 Å². The summed E-state index contributed by atoms with van der Waals surface area (Å²) in [5, 5.41) is 6.29. The largest absolute Gasteiger partial charge is 0.747 e. The van der Waals surface area contributed by atoms with E-state index in [0.717, 1.165) is 5.56 Å². The number of thiocarbonyl (C=S) groups is 1. The van der Waals surface area contributed by atoms with Gasteiger partial charge in [0.05, 0.1) is 6.21 Å². The van der Waals surface area contributed by atoms with Crippen LogP contribution in [0.3, 0.4) is 0 Å². The molecular weight excluding hydrogens is 276 g/mol. The fraction of sp³-hybridized carbons (Fsp3) is 0.111. The maximum absolute atomic E-state index is 10.4. The van der Waals surface area contributed by atoms with Gasteiger partial charge in [0.15, 0.2) is 5.11 Å². The predicted octanol–water partition coefficient (Wildman–Crippen LogP) is -0.232. The van der Waals surface area contributed by atoms with Crippen LogP contribution in [-0.4, -0.2) is 30.2 Å². The number of hydrogen-bond donors (Lipinski definition) is 3. The van der Waals surface area contributed by atoms with Crippen molar-refractivity contribution in [2.75, 3.05) is 11.2 Å². The molecule has 0 aliphatic rings. The van der Waals surface area contributed by atoms with E-state index < -0.39 is 16.0 Å². The molecule has 1 aromatic rings. The third-order valence-corrected chi connectivity index (χ3v) is 2.34. The van der Waals surface area contributed by atoms with Crippen molar-refractivity contribution in [3.05, 3.63) is 29.8 Å². The standard InChI is InChI=1S/C9H12N4O3S2/c10-9(17)13-12-5-7-1-3-8(4-2-7)11-6-18(14,15)16/h1-5,11H,6H2,(H3,10,13,17)(H,14,15,16)/p-1. The summed E-state index contributed by atoms with van der Waals surface area (Å²) in [5.41, 5.74) is 8.85. The van der Waals surface area contributed by atoms with Gasteiger partial charge < -0.3 is 15.6 Å². The van der Waals surface area contributed by atoms with Crippen LogP contribution in [0.2, 0.25) is 0 Å². The Morgan fingerprint density at radius 2 is 2.06 bits per heavy atom. The minimum atomic E-state index is -4.28. The molecule has 0 aromatic heterocycles. The molecule has 0 bridgehead atoms. The lowest BCUT2D eigenvalue weighted by atomic mass is 10.2. The Kier molecular flexibility index (Phi) is 5.01. The molecule has 0 saturated heterocycles. The maximum Gasteiger partial charge on any atom is 0.184 e. The van der Waals surface area contributed by atoms with Gasteiger partial charge in [-0.15, -0.1) is 0 Å². The topological polar surface area (TPSA) is 120 Å². The Morgan fingerprint density at radius 1 is 1.44 bits per heavy atom. The molecular formula is C9H11N4O3S2-. The van der Waals surface area contributed by atoms with Gasteiger partial charge in [-0.1, -0.05) is 12.1 Å². The monoisotopic (exact) mass is 287 g/mol. The van der Waals surface area contributed by atoms with Crippen molar-refractivity contribution in [1.29, 1.82) is 0 Å². The summed E-state index contributed by atoms with van der Waals surface area (Å²) in [4.78, 5) is 0. The summed E-state index contributed by atoms with van der Waals surface area (Å²) in [6.07, 6.45) is 1.49. The second-order valence-electron chi connectivity index (χ2n) is 3.24. The molecule has 0 saturated carbocycles. The number of rotatable bonds is 5. The van der Waals surface area contributed by atoms with Crippen molar-refractivity contribution in [3.63, 3.8) is 0 Å². The van der Waals surface area contributed by atoms with Crippen LogP contribution >= 0.6 is 12.2 Å². The SMILES string of the molecule is NC(=S)NN=Cc1ccc(NCS(=O)(=O)[O-])cc1. The van der Waals surface area contributed by atoms with Crippen molar-refractivity contribution >= 4 is 39.4 Å². The smallest absolute Gasteiger partial charge is 0.184 e. The number of nitrogens with one attached hydrogen (secondary N) is 2. The summed E-state index contributed by atoms with van der Waals surface area (Å²) < 4.78 is 31.2. The van der Waals surface area contributed by atoms with Crippen molar-refractivity contribution in [2.45, 2.75) is 0 Å². The van der Waals surface area contributed by atoms with Crippen LogP contribution in [0.4, 0.5) is 5.69 Å². The summed E-state index contributed by atoms with van der Waals surface area (Å²) >= 11 is 4.56. The van der Waals surface area contributed by atoms with E-state index in [9.17, 15) is 13.0 Å². The van der Waals surface area contributed by atoms with Crippen molar-refractivity contribution < 1.29 is 13.0 Å². The molecule has 0 heterocycles. The van der Waals surface area contributed by atoms with Gasteiger partial charge >= 0.3 is 0 Å². The van der Waals surface area contributed by atoms with Crippen LogP contribution in [0.15, 0.2) is 29.4 Å². The number of hydrazone groups is 1. The maximum atomic E-state index is 10.4. The molecule has 98 valence electrons. The van der Waals surface area contributed by atoms with Gasteiger partial charge in [-0.2, -0.15) is 5.10 Å². The third kappa shape index (κ3) is 6.13. The zero-order chi connectivity index (χ0) is 13.6. The first-order chi connectivity index (χ1) is 8.37. The Labute approximate surface area is 110 Å². The molecule has 1 rings (SSSR count). The average molecular weight is 287 g/mol. The summed E-state index contributed by atoms with van der Waals surface area (Å²) in [6.45, 7) is 0. The van der Waals surface area contributed by atoms with Gasteiger partial charge in [0.2, 0.25) is 0 Å². The van der Waals surface area contributed by atoms with E-state index in [1.54, 1.807) is 24.3 Å². The van der Waals surface area contributed by atoms with E-state index in [1.165, 1.54) is 6.21 Å². The number of benzene rings is 1. The van der Waals surface area contributed by atoms with Crippen LogP contribution in [0.25, 0.3) is 0 Å². The molecule has 0 spiro atoms. The number of nitrogens with two attached hydrogens (primary N) is 1. The second-order valence-corrected chi connectivity index (χ2v) is 5.08. The molecule has 0 aliphatic carbocycles. The Balaban J connectivity index is 2.57. The van der Waals surface area contributed by atoms with Gasteiger partial charge in [-0.25, -0.2) is 8.42 Å². The van der Waals surface area contributed by atoms with Gasteiger partial charge in [-0.3, -0.25) is 5.43 Å². The quantitative estimate of drug-likeness (QED) is 0.296. The molecule has 0 radical (unpaired) electrons. The van der Waals surface area contributed by atoms with Crippen LogP contribution in [0.1, 0.15) is 5.56 Å². The Hall–Kier alpha value is -1.71. The highest BCUT2D eigenvalue weighted by Crippen LogP contribution is 2.08. The second kappa shape index (κ2) is 6.28. The predicted molar refractivity (Wildman–Crippen MR) is 72.1 cm³/mol. The lowest BCUT2D eigenvalue weighted by molar-refractivity contribution is 0.465. The first-order valence-corrected chi connectivity index (χ1v) is 6.71. The average Bonchev–Trinajstić information content (AvgIpc) is 2.26. The zero-order valence-corrected chi connectivity index (χ0v) is 10.8. The van der Waals surface area contributed by atoms with E-state index >= 15 is 0 Å².